The maximum Gasteiger partial charge on any atom is 0.469 e. The SMILES string of the molecule is CCCCCCCC(=O)O[C@H](COC(=O)CCCCCCCCCCCSC(C)=O)COP(=O)(O)O. The second-order valence-electron chi connectivity index (χ2n) is 9.02. The Labute approximate surface area is 221 Å². The summed E-state index contributed by atoms with van der Waals surface area (Å²) < 4.78 is 25.8. The van der Waals surface area contributed by atoms with Gasteiger partial charge in [-0.1, -0.05) is 89.3 Å². The lowest BCUT2D eigenvalue weighted by atomic mass is 10.1. The van der Waals surface area contributed by atoms with E-state index in [1.165, 1.54) is 24.6 Å². The van der Waals surface area contributed by atoms with Crippen LogP contribution in [0.5, 0.6) is 0 Å². The molecule has 0 amide bonds. The van der Waals surface area contributed by atoms with E-state index in [0.717, 1.165) is 70.0 Å². The van der Waals surface area contributed by atoms with E-state index < -0.39 is 32.5 Å². The molecule has 0 spiro atoms. The predicted molar refractivity (Wildman–Crippen MR) is 142 cm³/mol. The van der Waals surface area contributed by atoms with Gasteiger partial charge >= 0.3 is 19.8 Å². The van der Waals surface area contributed by atoms with Gasteiger partial charge in [-0.2, -0.15) is 0 Å². The van der Waals surface area contributed by atoms with Gasteiger partial charge in [-0.05, 0) is 19.3 Å². The van der Waals surface area contributed by atoms with Crippen molar-refractivity contribution in [1.82, 2.24) is 0 Å². The van der Waals surface area contributed by atoms with Gasteiger partial charge in [0, 0.05) is 25.5 Å². The van der Waals surface area contributed by atoms with Crippen molar-refractivity contribution in [3.63, 3.8) is 0 Å². The van der Waals surface area contributed by atoms with E-state index in [-0.39, 0.29) is 24.6 Å². The number of rotatable bonds is 24. The highest BCUT2D eigenvalue weighted by Crippen LogP contribution is 2.35. The van der Waals surface area contributed by atoms with Crippen molar-refractivity contribution in [3.8, 4) is 0 Å². The van der Waals surface area contributed by atoms with Crippen LogP contribution in [-0.2, 0) is 32.9 Å². The Hall–Kier alpha value is -0.930. The zero-order valence-corrected chi connectivity index (χ0v) is 23.8. The van der Waals surface area contributed by atoms with E-state index in [9.17, 15) is 18.9 Å². The third-order valence-corrected chi connectivity index (χ3v) is 6.86. The fourth-order valence-electron chi connectivity index (χ4n) is 3.50. The lowest BCUT2D eigenvalue weighted by Gasteiger charge is -2.18. The molecule has 1 atom stereocenters. The van der Waals surface area contributed by atoms with Gasteiger partial charge in [-0.15, -0.1) is 0 Å². The third kappa shape index (κ3) is 26.1. The van der Waals surface area contributed by atoms with Gasteiger partial charge in [0.05, 0.1) is 6.61 Å². The van der Waals surface area contributed by atoms with Crippen LogP contribution in [0.3, 0.4) is 0 Å². The Morgan fingerprint density at radius 2 is 1.25 bits per heavy atom. The summed E-state index contributed by atoms with van der Waals surface area (Å²) >= 11 is 1.39. The third-order valence-electron chi connectivity index (χ3n) is 5.47. The van der Waals surface area contributed by atoms with Gasteiger partial charge in [0.2, 0.25) is 0 Å². The average Bonchev–Trinajstić information content (AvgIpc) is 2.80. The summed E-state index contributed by atoms with van der Waals surface area (Å²) in [5.74, 6) is -0.0308. The van der Waals surface area contributed by atoms with Crippen LogP contribution in [-0.4, -0.2) is 51.9 Å². The molecule has 2 N–H and O–H groups in total. The van der Waals surface area contributed by atoms with Gasteiger partial charge in [0.25, 0.3) is 0 Å². The standard InChI is InChI=1S/C25H47O9PS/c1-3-4-5-11-15-18-25(28)34-23(21-33-35(29,30)31)20-32-24(27)17-14-12-9-7-6-8-10-13-16-19-36-22(2)26/h23H,3-21H2,1-2H3,(H2,29,30,31)/t23-/m1/s1. The summed E-state index contributed by atoms with van der Waals surface area (Å²) in [7, 11) is -4.73. The molecule has 0 aliphatic rings. The fraction of sp³-hybridized carbons (Fsp3) is 0.880. The monoisotopic (exact) mass is 554 g/mol. The van der Waals surface area contributed by atoms with Crippen molar-refractivity contribution in [1.29, 1.82) is 0 Å². The molecule has 0 radical (unpaired) electrons. The Balaban J connectivity index is 3.98. The number of carbonyl (C=O) groups is 3. The Morgan fingerprint density at radius 1 is 0.750 bits per heavy atom. The average molecular weight is 555 g/mol. The van der Waals surface area contributed by atoms with Crippen LogP contribution in [0, 0.1) is 0 Å². The van der Waals surface area contributed by atoms with Crippen molar-refractivity contribution >= 4 is 36.6 Å². The van der Waals surface area contributed by atoms with Gasteiger partial charge in [-0.25, -0.2) is 4.57 Å². The summed E-state index contributed by atoms with van der Waals surface area (Å²) in [5.41, 5.74) is 0. The van der Waals surface area contributed by atoms with Crippen molar-refractivity contribution in [2.75, 3.05) is 19.0 Å². The van der Waals surface area contributed by atoms with Crippen molar-refractivity contribution in [3.05, 3.63) is 0 Å². The van der Waals surface area contributed by atoms with E-state index in [2.05, 4.69) is 11.4 Å². The van der Waals surface area contributed by atoms with Crippen molar-refractivity contribution in [2.45, 2.75) is 123 Å². The number of phosphoric acid groups is 1. The van der Waals surface area contributed by atoms with Crippen LogP contribution in [0.2, 0.25) is 0 Å². The molecular weight excluding hydrogens is 507 g/mol. The summed E-state index contributed by atoms with van der Waals surface area (Å²) in [4.78, 5) is 52.8. The fourth-order valence-corrected chi connectivity index (χ4v) is 4.49. The number of hydrogen-bond donors (Lipinski definition) is 2. The summed E-state index contributed by atoms with van der Waals surface area (Å²) in [6.07, 6.45) is 13.7. The molecule has 0 aliphatic carbocycles. The molecule has 212 valence electrons. The summed E-state index contributed by atoms with van der Waals surface area (Å²) in [6.45, 7) is 2.85. The number of esters is 2. The number of thioether (sulfide) groups is 1. The van der Waals surface area contributed by atoms with Gasteiger partial charge in [-0.3, -0.25) is 18.9 Å². The van der Waals surface area contributed by atoms with E-state index >= 15 is 0 Å². The predicted octanol–water partition coefficient (Wildman–Crippen LogP) is 6.09. The highest BCUT2D eigenvalue weighted by molar-refractivity contribution is 8.13. The Morgan fingerprint density at radius 3 is 1.78 bits per heavy atom. The van der Waals surface area contributed by atoms with Gasteiger partial charge in [0.15, 0.2) is 11.2 Å². The summed E-state index contributed by atoms with van der Waals surface area (Å²) in [5, 5.41) is 0.180. The van der Waals surface area contributed by atoms with Gasteiger partial charge < -0.3 is 19.3 Å². The molecule has 0 rings (SSSR count). The molecule has 0 aromatic heterocycles. The molecule has 0 saturated heterocycles. The molecule has 0 saturated carbocycles. The number of carbonyl (C=O) groups excluding carboxylic acids is 3. The largest absolute Gasteiger partial charge is 0.469 e. The normalized spacial score (nSPS) is 12.3. The van der Waals surface area contributed by atoms with Crippen LogP contribution in [0.25, 0.3) is 0 Å². The van der Waals surface area contributed by atoms with E-state index in [4.69, 9.17) is 19.3 Å². The maximum absolute atomic E-state index is 12.0. The molecular formula is C25H47O9PS. The number of hydrogen-bond acceptors (Lipinski definition) is 8. The quantitative estimate of drug-likeness (QED) is 0.0819. The van der Waals surface area contributed by atoms with E-state index in [0.29, 0.717) is 12.8 Å². The highest BCUT2D eigenvalue weighted by Gasteiger charge is 2.22. The van der Waals surface area contributed by atoms with E-state index in [1.807, 2.05) is 0 Å². The maximum atomic E-state index is 12.0. The van der Waals surface area contributed by atoms with Crippen LogP contribution in [0.1, 0.15) is 117 Å². The number of unbranched alkanes of at least 4 members (excludes halogenated alkanes) is 12. The van der Waals surface area contributed by atoms with Crippen molar-refractivity contribution in [2.24, 2.45) is 0 Å². The second-order valence-corrected chi connectivity index (χ2v) is 11.5. The number of phosphoric ester groups is 1. The molecule has 0 aromatic carbocycles. The van der Waals surface area contributed by atoms with E-state index in [1.54, 1.807) is 6.92 Å². The minimum absolute atomic E-state index is 0.180. The molecule has 36 heavy (non-hydrogen) atoms. The smallest absolute Gasteiger partial charge is 0.462 e. The number of ether oxygens (including phenoxy) is 2. The Bertz CT molecular complexity index is 639. The topological polar surface area (TPSA) is 136 Å². The minimum atomic E-state index is -4.73. The Kier molecular flexibility index (Phi) is 22.6. The molecule has 0 fully saturated rings. The van der Waals surface area contributed by atoms with Crippen LogP contribution in [0.4, 0.5) is 0 Å². The second kappa shape index (κ2) is 23.2. The van der Waals surface area contributed by atoms with Gasteiger partial charge in [0.1, 0.15) is 6.61 Å². The molecule has 0 aliphatic heterocycles. The first kappa shape index (κ1) is 35.1. The minimum Gasteiger partial charge on any atom is -0.462 e. The summed E-state index contributed by atoms with van der Waals surface area (Å²) in [6, 6.07) is 0. The highest BCUT2D eigenvalue weighted by atomic mass is 32.2. The van der Waals surface area contributed by atoms with Crippen LogP contribution < -0.4 is 0 Å². The first-order chi connectivity index (χ1) is 17.1. The molecule has 0 unspecified atom stereocenters. The lowest BCUT2D eigenvalue weighted by Crippen LogP contribution is -2.29. The molecule has 0 bridgehead atoms. The lowest BCUT2D eigenvalue weighted by molar-refractivity contribution is -0.161. The van der Waals surface area contributed by atoms with Crippen molar-refractivity contribution < 1.29 is 42.7 Å². The molecule has 9 nitrogen and oxygen atoms in total. The molecule has 11 heteroatoms. The van der Waals surface area contributed by atoms with Crippen LogP contribution >= 0.6 is 19.6 Å². The molecule has 0 aromatic rings. The zero-order chi connectivity index (χ0) is 27.1. The first-order valence-corrected chi connectivity index (χ1v) is 15.8. The zero-order valence-electron chi connectivity index (χ0n) is 22.1. The first-order valence-electron chi connectivity index (χ1n) is 13.3. The van der Waals surface area contributed by atoms with Crippen LogP contribution in [0.15, 0.2) is 0 Å². The molecule has 0 heterocycles.